The summed E-state index contributed by atoms with van der Waals surface area (Å²) in [7, 11) is 0. The molecule has 30 heavy (non-hydrogen) atoms. The minimum Gasteiger partial charge on any atom is -0.293 e. The fraction of sp³-hybridized carbons (Fsp3) is 0.500. The van der Waals surface area contributed by atoms with E-state index in [1.165, 1.54) is 49.9 Å². The Balaban J connectivity index is 1.22. The van der Waals surface area contributed by atoms with E-state index >= 15 is 0 Å². The maximum absolute atomic E-state index is 12.9. The molecule has 0 radical (unpaired) electrons. The van der Waals surface area contributed by atoms with Crippen molar-refractivity contribution in [2.45, 2.75) is 44.9 Å². The molecule has 156 valence electrons. The number of carbonyl (C=O) groups excluding carboxylic acids is 1. The van der Waals surface area contributed by atoms with E-state index in [0.29, 0.717) is 22.4 Å². The maximum Gasteiger partial charge on any atom is 0.250 e. The molecule has 0 aliphatic heterocycles. The van der Waals surface area contributed by atoms with Crippen molar-refractivity contribution in [2.75, 3.05) is 5.32 Å². The molecule has 0 unspecified atom stereocenters. The van der Waals surface area contributed by atoms with Crippen LogP contribution in [0, 0.1) is 23.2 Å². The van der Waals surface area contributed by atoms with Gasteiger partial charge in [0.1, 0.15) is 0 Å². The molecule has 4 saturated carbocycles. The first kappa shape index (κ1) is 19.1. The normalized spacial score (nSPS) is 29.6. The summed E-state index contributed by atoms with van der Waals surface area (Å²) in [5.74, 6) is 2.93. The Labute approximate surface area is 188 Å². The van der Waals surface area contributed by atoms with Crippen LogP contribution in [0.3, 0.4) is 0 Å². The van der Waals surface area contributed by atoms with Crippen LogP contribution in [0.1, 0.15) is 44.9 Å². The van der Waals surface area contributed by atoms with Crippen LogP contribution >= 0.6 is 34.5 Å². The van der Waals surface area contributed by atoms with E-state index < -0.39 is 0 Å². The van der Waals surface area contributed by atoms with E-state index in [0.717, 1.165) is 34.0 Å². The Morgan fingerprint density at radius 2 is 1.87 bits per heavy atom. The van der Waals surface area contributed by atoms with Crippen molar-refractivity contribution in [3.05, 3.63) is 33.6 Å². The third-order valence-electron chi connectivity index (χ3n) is 7.24. The van der Waals surface area contributed by atoms with Crippen molar-refractivity contribution in [3.8, 4) is 11.3 Å². The second-order valence-corrected chi connectivity index (χ2v) is 11.2. The molecule has 4 bridgehead atoms. The number of amides is 1. The van der Waals surface area contributed by atoms with Gasteiger partial charge in [0.15, 0.2) is 0 Å². The van der Waals surface area contributed by atoms with E-state index in [1.54, 1.807) is 16.6 Å². The number of carbonyl (C=O) groups is 1. The minimum absolute atomic E-state index is 0.0429. The molecule has 1 N–H and O–H groups in total. The zero-order valence-corrected chi connectivity index (χ0v) is 18.7. The Kier molecular flexibility index (Phi) is 4.41. The largest absolute Gasteiger partial charge is 0.293 e. The third-order valence-corrected chi connectivity index (χ3v) is 8.60. The van der Waals surface area contributed by atoms with Gasteiger partial charge in [0.2, 0.25) is 16.8 Å². The van der Waals surface area contributed by atoms with Crippen molar-refractivity contribution in [3.63, 3.8) is 0 Å². The van der Waals surface area contributed by atoms with Gasteiger partial charge in [0, 0.05) is 22.4 Å². The lowest BCUT2D eigenvalue weighted by atomic mass is 9.49. The number of thiazole rings is 1. The predicted molar refractivity (Wildman–Crippen MR) is 120 cm³/mol. The van der Waals surface area contributed by atoms with Gasteiger partial charge in [-0.15, -0.1) is 16.4 Å². The topological polar surface area (TPSA) is 59.3 Å². The number of halogens is 2. The number of nitrogens with one attached hydrogen (secondary N) is 1. The van der Waals surface area contributed by atoms with Crippen LogP contribution in [0.25, 0.3) is 16.2 Å². The smallest absolute Gasteiger partial charge is 0.250 e. The maximum atomic E-state index is 12.9. The molecule has 4 fully saturated rings. The Hall–Kier alpha value is -1.63. The van der Waals surface area contributed by atoms with Crippen LogP contribution in [0.2, 0.25) is 10.0 Å². The Morgan fingerprint density at radius 1 is 1.17 bits per heavy atom. The highest BCUT2D eigenvalue weighted by Gasteiger charge is 2.51. The van der Waals surface area contributed by atoms with Gasteiger partial charge in [0.25, 0.3) is 0 Å². The van der Waals surface area contributed by atoms with E-state index in [9.17, 15) is 4.79 Å². The van der Waals surface area contributed by atoms with Gasteiger partial charge in [-0.2, -0.15) is 4.98 Å². The lowest BCUT2D eigenvalue weighted by molar-refractivity contribution is -0.124. The minimum atomic E-state index is 0.0429. The van der Waals surface area contributed by atoms with Crippen LogP contribution in [-0.4, -0.2) is 20.5 Å². The fourth-order valence-electron chi connectivity index (χ4n) is 6.63. The van der Waals surface area contributed by atoms with E-state index in [-0.39, 0.29) is 11.3 Å². The van der Waals surface area contributed by atoms with E-state index in [4.69, 9.17) is 23.2 Å². The van der Waals surface area contributed by atoms with Crippen molar-refractivity contribution in [1.29, 1.82) is 0 Å². The molecule has 8 heteroatoms. The van der Waals surface area contributed by atoms with Crippen LogP contribution in [0.4, 0.5) is 5.95 Å². The summed E-state index contributed by atoms with van der Waals surface area (Å²) in [4.78, 5) is 18.1. The van der Waals surface area contributed by atoms with E-state index in [2.05, 4.69) is 15.4 Å². The van der Waals surface area contributed by atoms with Crippen LogP contribution in [0.5, 0.6) is 0 Å². The first-order chi connectivity index (χ1) is 14.5. The summed E-state index contributed by atoms with van der Waals surface area (Å²) < 4.78 is 1.74. The number of rotatable bonds is 4. The first-order valence-electron chi connectivity index (χ1n) is 10.6. The van der Waals surface area contributed by atoms with Crippen molar-refractivity contribution in [2.24, 2.45) is 23.2 Å². The van der Waals surface area contributed by atoms with Gasteiger partial charge in [-0.3, -0.25) is 10.1 Å². The number of benzene rings is 1. The number of anilines is 1. The Morgan fingerprint density at radius 3 is 2.53 bits per heavy atom. The molecule has 4 aliphatic carbocycles. The number of hydrogen-bond acceptors (Lipinski definition) is 4. The number of hydrogen-bond donors (Lipinski definition) is 1. The number of nitrogens with zero attached hydrogens (tertiary/aromatic N) is 3. The lowest BCUT2D eigenvalue weighted by Gasteiger charge is -2.56. The fourth-order valence-corrected chi connectivity index (χ4v) is 7.96. The molecule has 3 aromatic rings. The summed E-state index contributed by atoms with van der Waals surface area (Å²) in [6, 6.07) is 5.39. The number of aromatic nitrogens is 3. The zero-order chi connectivity index (χ0) is 20.5. The average Bonchev–Trinajstić information content (AvgIpc) is 3.20. The summed E-state index contributed by atoms with van der Waals surface area (Å²) in [5.41, 5.74) is 1.88. The van der Waals surface area contributed by atoms with Gasteiger partial charge < -0.3 is 0 Å². The van der Waals surface area contributed by atoms with Crippen LogP contribution in [-0.2, 0) is 4.79 Å². The monoisotopic (exact) mass is 460 g/mol. The SMILES string of the molecule is O=C(CC12CC3CC(CC(C3)C1)C2)Nc1nc2scc(-c3ccc(Cl)cc3Cl)n2n1. The second-order valence-electron chi connectivity index (χ2n) is 9.52. The molecular formula is C22H22Cl2N4OS. The quantitative estimate of drug-likeness (QED) is 0.495. The molecular weight excluding hydrogens is 439 g/mol. The van der Waals surface area contributed by atoms with E-state index in [1.807, 2.05) is 11.4 Å². The van der Waals surface area contributed by atoms with Gasteiger partial charge in [-0.1, -0.05) is 23.2 Å². The summed E-state index contributed by atoms with van der Waals surface area (Å²) >= 11 is 13.9. The summed E-state index contributed by atoms with van der Waals surface area (Å²) in [6.07, 6.45) is 8.41. The third kappa shape index (κ3) is 3.24. The summed E-state index contributed by atoms with van der Waals surface area (Å²) in [5, 5.41) is 10.6. The lowest BCUT2D eigenvalue weighted by Crippen LogP contribution is -2.47. The molecule has 2 aromatic heterocycles. The highest BCUT2D eigenvalue weighted by molar-refractivity contribution is 7.15. The summed E-state index contributed by atoms with van der Waals surface area (Å²) in [6.45, 7) is 0. The zero-order valence-electron chi connectivity index (χ0n) is 16.4. The Bertz CT molecular complexity index is 1120. The van der Waals surface area contributed by atoms with Crippen molar-refractivity contribution >= 4 is 51.4 Å². The molecule has 2 heterocycles. The standard InChI is InChI=1S/C22H22Cl2N4OS/c23-15-1-2-16(17(24)6-15)18-11-30-21-26-20(27-28(18)21)25-19(29)10-22-7-12-3-13(8-22)5-14(4-12)9-22/h1-2,6,11-14H,3-5,7-10H2,(H,25,27,29). The molecule has 7 rings (SSSR count). The molecule has 1 amide bonds. The van der Waals surface area contributed by atoms with Gasteiger partial charge in [0.05, 0.1) is 10.7 Å². The highest BCUT2D eigenvalue weighted by Crippen LogP contribution is 2.61. The van der Waals surface area contributed by atoms with Crippen molar-refractivity contribution in [1.82, 2.24) is 14.6 Å². The molecule has 0 atom stereocenters. The molecule has 1 aromatic carbocycles. The molecule has 0 saturated heterocycles. The number of fused-ring (bicyclic) bond motifs is 1. The van der Waals surface area contributed by atoms with Gasteiger partial charge in [-0.05, 0) is 79.9 Å². The van der Waals surface area contributed by atoms with Gasteiger partial charge in [-0.25, -0.2) is 4.52 Å². The molecule has 4 aliphatic rings. The average molecular weight is 461 g/mol. The second kappa shape index (κ2) is 6.94. The highest BCUT2D eigenvalue weighted by atomic mass is 35.5. The predicted octanol–water partition coefficient (Wildman–Crippen LogP) is 6.31. The molecule has 0 spiro atoms. The van der Waals surface area contributed by atoms with Crippen LogP contribution in [0.15, 0.2) is 23.6 Å². The first-order valence-corrected chi connectivity index (χ1v) is 12.2. The van der Waals surface area contributed by atoms with Crippen molar-refractivity contribution < 1.29 is 4.79 Å². The van der Waals surface area contributed by atoms with Crippen LogP contribution < -0.4 is 5.32 Å². The van der Waals surface area contributed by atoms with Gasteiger partial charge >= 0.3 is 0 Å². The molecule has 5 nitrogen and oxygen atoms in total.